The number of nitrogens with zero attached hydrogens (tertiary/aromatic N) is 1. The largest absolute Gasteiger partial charge is 0.337 e. The van der Waals surface area contributed by atoms with Crippen molar-refractivity contribution in [3.8, 4) is 0 Å². The molecule has 5 heteroatoms. The first-order valence-electron chi connectivity index (χ1n) is 5.90. The van der Waals surface area contributed by atoms with E-state index in [4.69, 9.17) is 11.6 Å². The summed E-state index contributed by atoms with van der Waals surface area (Å²) in [4.78, 5) is 13.6. The van der Waals surface area contributed by atoms with E-state index in [1.165, 1.54) is 6.07 Å². The predicted molar refractivity (Wildman–Crippen MR) is 67.9 cm³/mol. The molecule has 0 fully saturated rings. The third-order valence-corrected chi connectivity index (χ3v) is 2.76. The van der Waals surface area contributed by atoms with Crippen LogP contribution in [0.25, 0.3) is 0 Å². The molecule has 0 heterocycles. The Balaban J connectivity index is 2.83. The first-order valence-corrected chi connectivity index (χ1v) is 6.44. The number of hydrogen-bond acceptors (Lipinski definition) is 1. The van der Waals surface area contributed by atoms with Crippen LogP contribution in [0.15, 0.2) is 18.2 Å². The zero-order valence-corrected chi connectivity index (χ0v) is 11.0. The van der Waals surface area contributed by atoms with E-state index in [1.54, 1.807) is 4.90 Å². The molecule has 0 saturated heterocycles. The number of halogens is 3. The highest BCUT2D eigenvalue weighted by atomic mass is 35.5. The van der Waals surface area contributed by atoms with Gasteiger partial charge in [0.05, 0.1) is 0 Å². The third-order valence-electron chi connectivity index (χ3n) is 2.59. The van der Waals surface area contributed by atoms with Crippen LogP contribution in [-0.2, 0) is 0 Å². The van der Waals surface area contributed by atoms with E-state index < -0.39 is 11.6 Å². The van der Waals surface area contributed by atoms with Crippen molar-refractivity contribution in [1.82, 2.24) is 4.90 Å². The Morgan fingerprint density at radius 3 is 2.56 bits per heavy atom. The Bertz CT molecular complexity index is 412. The van der Waals surface area contributed by atoms with Gasteiger partial charge in [-0.3, -0.25) is 4.79 Å². The van der Waals surface area contributed by atoms with Gasteiger partial charge in [-0.2, -0.15) is 0 Å². The minimum absolute atomic E-state index is 0.148. The van der Waals surface area contributed by atoms with Gasteiger partial charge < -0.3 is 4.90 Å². The van der Waals surface area contributed by atoms with Crippen LogP contribution in [-0.4, -0.2) is 29.8 Å². The molecule has 0 aliphatic heterocycles. The molecule has 1 rings (SSSR count). The molecule has 0 radical (unpaired) electrons. The lowest BCUT2D eigenvalue weighted by molar-refractivity contribution is 0.0763. The molecule has 0 atom stereocenters. The lowest BCUT2D eigenvalue weighted by Gasteiger charge is -2.21. The highest BCUT2D eigenvalue weighted by Gasteiger charge is 2.16. The number of alkyl halides is 1. The van der Waals surface area contributed by atoms with Gasteiger partial charge in [-0.05, 0) is 24.6 Å². The summed E-state index contributed by atoms with van der Waals surface area (Å²) < 4.78 is 25.9. The molecule has 0 N–H and O–H groups in total. The lowest BCUT2D eigenvalue weighted by atomic mass is 10.1. The standard InChI is InChI=1S/C13H16ClF2NO/c1-2-3-7-17(8-6-14)13(18)10-4-5-11(15)12(16)9-10/h4-5,9H,2-3,6-8H2,1H3. The second-order valence-corrected chi connectivity index (χ2v) is 4.34. The van der Waals surface area contributed by atoms with Crippen LogP contribution in [0.1, 0.15) is 30.1 Å². The quantitative estimate of drug-likeness (QED) is 0.728. The van der Waals surface area contributed by atoms with Gasteiger partial charge in [-0.25, -0.2) is 8.78 Å². The first kappa shape index (κ1) is 14.9. The van der Waals surface area contributed by atoms with E-state index in [2.05, 4.69) is 0 Å². The van der Waals surface area contributed by atoms with Crippen molar-refractivity contribution in [2.45, 2.75) is 19.8 Å². The number of hydrogen-bond donors (Lipinski definition) is 0. The molecule has 1 amide bonds. The maximum absolute atomic E-state index is 13.1. The fourth-order valence-corrected chi connectivity index (χ4v) is 1.78. The van der Waals surface area contributed by atoms with Gasteiger partial charge in [0.15, 0.2) is 11.6 Å². The summed E-state index contributed by atoms with van der Waals surface area (Å²) in [5.41, 5.74) is 0.148. The Morgan fingerprint density at radius 2 is 2.00 bits per heavy atom. The second kappa shape index (κ2) is 7.31. The molecule has 0 unspecified atom stereocenters. The van der Waals surface area contributed by atoms with Gasteiger partial charge in [0.1, 0.15) is 0 Å². The van der Waals surface area contributed by atoms with Crippen LogP contribution < -0.4 is 0 Å². The molecule has 100 valence electrons. The number of carbonyl (C=O) groups is 1. The van der Waals surface area contributed by atoms with E-state index in [1.807, 2.05) is 6.92 Å². The molecule has 2 nitrogen and oxygen atoms in total. The SMILES string of the molecule is CCCCN(CCCl)C(=O)c1ccc(F)c(F)c1. The molecule has 18 heavy (non-hydrogen) atoms. The molecular weight excluding hydrogens is 260 g/mol. The summed E-state index contributed by atoms with van der Waals surface area (Å²) >= 11 is 5.64. The molecule has 0 aromatic heterocycles. The average molecular weight is 276 g/mol. The molecular formula is C13H16ClF2NO. The van der Waals surface area contributed by atoms with Crippen molar-refractivity contribution in [2.24, 2.45) is 0 Å². The van der Waals surface area contributed by atoms with E-state index in [0.717, 1.165) is 25.0 Å². The molecule has 0 spiro atoms. The minimum Gasteiger partial charge on any atom is -0.337 e. The van der Waals surface area contributed by atoms with Crippen LogP contribution in [0.2, 0.25) is 0 Å². The van der Waals surface area contributed by atoms with Crippen LogP contribution in [0.3, 0.4) is 0 Å². The van der Waals surface area contributed by atoms with Crippen LogP contribution in [0.4, 0.5) is 8.78 Å². The second-order valence-electron chi connectivity index (χ2n) is 3.96. The first-order chi connectivity index (χ1) is 8.60. The van der Waals surface area contributed by atoms with E-state index in [9.17, 15) is 13.6 Å². The van der Waals surface area contributed by atoms with Crippen LogP contribution in [0, 0.1) is 11.6 Å². The van der Waals surface area contributed by atoms with Gasteiger partial charge in [0.25, 0.3) is 5.91 Å². The third kappa shape index (κ3) is 3.95. The van der Waals surface area contributed by atoms with Gasteiger partial charge in [-0.1, -0.05) is 13.3 Å². The number of unbranched alkanes of at least 4 members (excludes halogenated alkanes) is 1. The van der Waals surface area contributed by atoms with E-state index in [0.29, 0.717) is 19.0 Å². The number of rotatable bonds is 6. The van der Waals surface area contributed by atoms with Crippen molar-refractivity contribution >= 4 is 17.5 Å². The fourth-order valence-electron chi connectivity index (χ4n) is 1.58. The van der Waals surface area contributed by atoms with Gasteiger partial charge in [0.2, 0.25) is 0 Å². The van der Waals surface area contributed by atoms with Crippen molar-refractivity contribution in [1.29, 1.82) is 0 Å². The Hall–Kier alpha value is -1.16. The van der Waals surface area contributed by atoms with Crippen LogP contribution >= 0.6 is 11.6 Å². The summed E-state index contributed by atoms with van der Waals surface area (Å²) in [5, 5.41) is 0. The molecule has 1 aromatic carbocycles. The lowest BCUT2D eigenvalue weighted by Crippen LogP contribution is -2.33. The molecule has 0 bridgehead atoms. The number of amides is 1. The van der Waals surface area contributed by atoms with Crippen molar-refractivity contribution < 1.29 is 13.6 Å². The maximum atomic E-state index is 13.1. The normalized spacial score (nSPS) is 10.4. The topological polar surface area (TPSA) is 20.3 Å². The van der Waals surface area contributed by atoms with Crippen molar-refractivity contribution in [3.63, 3.8) is 0 Å². The summed E-state index contributed by atoms with van der Waals surface area (Å²) in [5.74, 6) is -1.96. The maximum Gasteiger partial charge on any atom is 0.253 e. The number of benzene rings is 1. The average Bonchev–Trinajstić information content (AvgIpc) is 2.37. The fraction of sp³-hybridized carbons (Fsp3) is 0.462. The minimum atomic E-state index is -1.01. The van der Waals surface area contributed by atoms with Gasteiger partial charge in [0, 0.05) is 24.5 Å². The highest BCUT2D eigenvalue weighted by molar-refractivity contribution is 6.18. The molecule has 0 aliphatic carbocycles. The monoisotopic (exact) mass is 275 g/mol. The Morgan fingerprint density at radius 1 is 1.28 bits per heavy atom. The van der Waals surface area contributed by atoms with Crippen molar-refractivity contribution in [2.75, 3.05) is 19.0 Å². The molecule has 0 saturated carbocycles. The molecule has 0 aliphatic rings. The summed E-state index contributed by atoms with van der Waals surface area (Å²) in [6.45, 7) is 2.99. The predicted octanol–water partition coefficient (Wildman–Crippen LogP) is 3.45. The zero-order chi connectivity index (χ0) is 13.5. The highest BCUT2D eigenvalue weighted by Crippen LogP contribution is 2.12. The van der Waals surface area contributed by atoms with E-state index in [-0.39, 0.29) is 11.5 Å². The van der Waals surface area contributed by atoms with Crippen molar-refractivity contribution in [3.05, 3.63) is 35.4 Å². The Labute approximate surface area is 111 Å². The zero-order valence-electron chi connectivity index (χ0n) is 10.3. The summed E-state index contributed by atoms with van der Waals surface area (Å²) in [6.07, 6.45) is 1.80. The Kier molecular flexibility index (Phi) is 6.05. The smallest absolute Gasteiger partial charge is 0.253 e. The molecule has 1 aromatic rings. The summed E-state index contributed by atoms with van der Waals surface area (Å²) in [6, 6.07) is 3.17. The number of carbonyl (C=O) groups excluding carboxylic acids is 1. The van der Waals surface area contributed by atoms with Crippen LogP contribution in [0.5, 0.6) is 0 Å². The van der Waals surface area contributed by atoms with Gasteiger partial charge in [-0.15, -0.1) is 11.6 Å². The van der Waals surface area contributed by atoms with E-state index >= 15 is 0 Å². The van der Waals surface area contributed by atoms with Gasteiger partial charge >= 0.3 is 0 Å². The summed E-state index contributed by atoms with van der Waals surface area (Å²) in [7, 11) is 0.